The summed E-state index contributed by atoms with van der Waals surface area (Å²) in [5.41, 5.74) is 0. The Labute approximate surface area is 180 Å². The zero-order valence-corrected chi connectivity index (χ0v) is 18.4. The van der Waals surface area contributed by atoms with Gasteiger partial charge in [0.1, 0.15) is 6.04 Å². The van der Waals surface area contributed by atoms with E-state index in [1.165, 1.54) is 36.1 Å². The maximum absolute atomic E-state index is 12.3. The van der Waals surface area contributed by atoms with Crippen molar-refractivity contribution in [2.45, 2.75) is 37.6 Å². The number of nitrogens with one attached hydrogen (secondary N) is 1. The predicted molar refractivity (Wildman–Crippen MR) is 108 cm³/mol. The molecule has 1 heterocycles. The topological polar surface area (TPSA) is 119 Å². The van der Waals surface area contributed by atoms with Crippen LogP contribution >= 0.6 is 11.6 Å². The van der Waals surface area contributed by atoms with Crippen molar-refractivity contribution in [3.8, 4) is 0 Å². The summed E-state index contributed by atoms with van der Waals surface area (Å²) >= 11 is 5.74. The van der Waals surface area contributed by atoms with E-state index < -0.39 is 34.5 Å². The quantitative estimate of drug-likeness (QED) is 0.581. The van der Waals surface area contributed by atoms with Crippen LogP contribution in [0.1, 0.15) is 26.7 Å². The number of hydrogen-bond donors (Lipinski definition) is 1. The average molecular weight is 461 g/mol. The summed E-state index contributed by atoms with van der Waals surface area (Å²) in [6.07, 6.45) is 0.964. The third kappa shape index (κ3) is 6.68. The Morgan fingerprint density at radius 1 is 1.17 bits per heavy atom. The monoisotopic (exact) mass is 460 g/mol. The van der Waals surface area contributed by atoms with Gasteiger partial charge in [0, 0.05) is 18.1 Å². The molecule has 11 heteroatoms. The van der Waals surface area contributed by atoms with E-state index in [9.17, 15) is 22.8 Å². The van der Waals surface area contributed by atoms with Crippen LogP contribution in [0.15, 0.2) is 29.2 Å². The van der Waals surface area contributed by atoms with Gasteiger partial charge in [-0.05, 0) is 51.0 Å². The van der Waals surface area contributed by atoms with Crippen LogP contribution < -0.4 is 4.72 Å². The van der Waals surface area contributed by atoms with Gasteiger partial charge < -0.3 is 14.4 Å². The molecule has 9 nitrogen and oxygen atoms in total. The number of nitrogens with zero attached hydrogens (tertiary/aromatic N) is 1. The van der Waals surface area contributed by atoms with E-state index in [1.54, 1.807) is 6.92 Å². The zero-order valence-electron chi connectivity index (χ0n) is 16.8. The molecule has 0 saturated carbocycles. The lowest BCUT2D eigenvalue weighted by molar-refractivity contribution is -0.155. The molecule has 30 heavy (non-hydrogen) atoms. The van der Waals surface area contributed by atoms with Gasteiger partial charge in [-0.3, -0.25) is 14.4 Å². The number of hydrogen-bond acceptors (Lipinski definition) is 7. The summed E-state index contributed by atoms with van der Waals surface area (Å²) in [6.45, 7) is 3.59. The Morgan fingerprint density at radius 2 is 1.77 bits per heavy atom. The van der Waals surface area contributed by atoms with Crippen LogP contribution in [-0.4, -0.2) is 63.5 Å². The Hall–Kier alpha value is -2.17. The van der Waals surface area contributed by atoms with Gasteiger partial charge in [-0.15, -0.1) is 0 Å². The molecule has 0 bridgehead atoms. The van der Waals surface area contributed by atoms with Crippen LogP contribution in [-0.2, 0) is 33.9 Å². The number of amides is 1. The van der Waals surface area contributed by atoms with Crippen molar-refractivity contribution in [3.63, 3.8) is 0 Å². The van der Waals surface area contributed by atoms with Gasteiger partial charge in [0.25, 0.3) is 5.91 Å². The molecule has 1 aliphatic heterocycles. The van der Waals surface area contributed by atoms with Crippen molar-refractivity contribution in [2.24, 2.45) is 5.92 Å². The van der Waals surface area contributed by atoms with Gasteiger partial charge in [0.05, 0.1) is 17.4 Å². The fraction of sp³-hybridized carbons (Fsp3) is 0.526. The summed E-state index contributed by atoms with van der Waals surface area (Å²) in [6, 6.07) is 4.28. The molecule has 1 amide bonds. The second kappa shape index (κ2) is 10.7. The molecule has 1 aromatic rings. The Kier molecular flexibility index (Phi) is 8.63. The second-order valence-electron chi connectivity index (χ2n) is 6.81. The number of carbonyl (C=O) groups is 3. The second-order valence-corrected chi connectivity index (χ2v) is 8.96. The molecule has 0 unspecified atom stereocenters. The van der Waals surface area contributed by atoms with Crippen molar-refractivity contribution in [1.29, 1.82) is 0 Å². The number of piperidine rings is 1. The SMILES string of the molecule is CCOC(=O)C1CCN(C(=O)COC(=O)[C@H](C)NS(=O)(=O)c2ccc(Cl)cc2)CC1. The number of sulfonamides is 1. The summed E-state index contributed by atoms with van der Waals surface area (Å²) in [7, 11) is -3.95. The summed E-state index contributed by atoms with van der Waals surface area (Å²) in [4.78, 5) is 37.5. The highest BCUT2D eigenvalue weighted by Crippen LogP contribution is 2.19. The van der Waals surface area contributed by atoms with Crippen LogP contribution in [0.2, 0.25) is 5.02 Å². The van der Waals surface area contributed by atoms with E-state index in [1.807, 2.05) is 0 Å². The van der Waals surface area contributed by atoms with Gasteiger partial charge >= 0.3 is 11.9 Å². The van der Waals surface area contributed by atoms with Gasteiger partial charge in [-0.2, -0.15) is 4.72 Å². The Bertz CT molecular complexity index is 865. The molecular formula is C19H25ClN2O7S. The molecule has 0 aliphatic carbocycles. The summed E-state index contributed by atoms with van der Waals surface area (Å²) in [5, 5.41) is 0.381. The highest BCUT2D eigenvalue weighted by atomic mass is 35.5. The van der Waals surface area contributed by atoms with E-state index >= 15 is 0 Å². The van der Waals surface area contributed by atoms with E-state index in [2.05, 4.69) is 4.72 Å². The first-order valence-corrected chi connectivity index (χ1v) is 11.4. The molecule has 2 rings (SSSR count). The number of rotatable bonds is 8. The van der Waals surface area contributed by atoms with E-state index in [0.717, 1.165) is 0 Å². The number of benzene rings is 1. The van der Waals surface area contributed by atoms with Crippen LogP contribution in [0, 0.1) is 5.92 Å². The normalized spacial score (nSPS) is 16.0. The molecule has 0 aromatic heterocycles. The Morgan fingerprint density at radius 3 is 2.33 bits per heavy atom. The third-order valence-electron chi connectivity index (χ3n) is 4.61. The van der Waals surface area contributed by atoms with E-state index in [-0.39, 0.29) is 16.8 Å². The van der Waals surface area contributed by atoms with Crippen LogP contribution in [0.4, 0.5) is 0 Å². The van der Waals surface area contributed by atoms with Crippen molar-refractivity contribution in [1.82, 2.24) is 9.62 Å². The first kappa shape index (κ1) is 24.1. The number of carbonyl (C=O) groups excluding carboxylic acids is 3. The van der Waals surface area contributed by atoms with Gasteiger partial charge in [0.2, 0.25) is 10.0 Å². The molecule has 166 valence electrons. The highest BCUT2D eigenvalue weighted by molar-refractivity contribution is 7.89. The molecule has 1 saturated heterocycles. The van der Waals surface area contributed by atoms with Crippen molar-refractivity contribution in [3.05, 3.63) is 29.3 Å². The average Bonchev–Trinajstić information content (AvgIpc) is 2.72. The number of likely N-dealkylation sites (tertiary alicyclic amines) is 1. The number of esters is 2. The summed E-state index contributed by atoms with van der Waals surface area (Å²) < 4.78 is 36.8. The zero-order chi connectivity index (χ0) is 22.3. The highest BCUT2D eigenvalue weighted by Gasteiger charge is 2.29. The fourth-order valence-electron chi connectivity index (χ4n) is 2.94. The minimum Gasteiger partial charge on any atom is -0.466 e. The number of halogens is 1. The third-order valence-corrected chi connectivity index (χ3v) is 6.42. The first-order valence-electron chi connectivity index (χ1n) is 9.53. The lowest BCUT2D eigenvalue weighted by atomic mass is 9.97. The predicted octanol–water partition coefficient (Wildman–Crippen LogP) is 1.35. The van der Waals surface area contributed by atoms with Crippen LogP contribution in [0.5, 0.6) is 0 Å². The summed E-state index contributed by atoms with van der Waals surface area (Å²) in [5.74, 6) is -1.78. The standard InChI is InChI=1S/C19H25ClN2O7S/c1-3-28-19(25)14-8-10-22(11-9-14)17(23)12-29-18(24)13(2)21-30(26,27)16-6-4-15(20)5-7-16/h4-7,13-14,21H,3,8-12H2,1-2H3/t13-/m0/s1. The van der Waals surface area contributed by atoms with Crippen molar-refractivity contribution >= 4 is 39.5 Å². The van der Waals surface area contributed by atoms with Gasteiger partial charge in [0.15, 0.2) is 6.61 Å². The molecule has 0 radical (unpaired) electrons. The Balaban J connectivity index is 1.80. The first-order chi connectivity index (χ1) is 14.1. The lowest BCUT2D eigenvalue weighted by Crippen LogP contribution is -2.44. The molecule has 1 aromatic carbocycles. The minimum atomic E-state index is -3.95. The van der Waals surface area contributed by atoms with Crippen LogP contribution in [0.25, 0.3) is 0 Å². The number of ether oxygens (including phenoxy) is 2. The lowest BCUT2D eigenvalue weighted by Gasteiger charge is -2.30. The van der Waals surface area contributed by atoms with Crippen molar-refractivity contribution < 1.29 is 32.3 Å². The van der Waals surface area contributed by atoms with Crippen molar-refractivity contribution in [2.75, 3.05) is 26.3 Å². The molecule has 0 spiro atoms. The maximum Gasteiger partial charge on any atom is 0.324 e. The fourth-order valence-corrected chi connectivity index (χ4v) is 4.25. The van der Waals surface area contributed by atoms with Gasteiger partial charge in [-0.25, -0.2) is 8.42 Å². The minimum absolute atomic E-state index is 0.0490. The largest absolute Gasteiger partial charge is 0.466 e. The molecule has 1 atom stereocenters. The van der Waals surface area contributed by atoms with Crippen LogP contribution in [0.3, 0.4) is 0 Å². The molecule has 1 fully saturated rings. The molecule has 1 N–H and O–H groups in total. The van der Waals surface area contributed by atoms with Gasteiger partial charge in [-0.1, -0.05) is 11.6 Å². The maximum atomic E-state index is 12.3. The molecule has 1 aliphatic rings. The van der Waals surface area contributed by atoms with E-state index in [0.29, 0.717) is 37.6 Å². The molecular weight excluding hydrogens is 436 g/mol. The van der Waals surface area contributed by atoms with E-state index in [4.69, 9.17) is 21.1 Å². The smallest absolute Gasteiger partial charge is 0.324 e.